The normalized spacial score (nSPS) is 27.4. The van der Waals surface area contributed by atoms with Crippen molar-refractivity contribution in [3.8, 4) is 0 Å². The van der Waals surface area contributed by atoms with Crippen molar-refractivity contribution >= 4 is 11.9 Å². The summed E-state index contributed by atoms with van der Waals surface area (Å²) in [4.78, 5) is 23.7. The summed E-state index contributed by atoms with van der Waals surface area (Å²) in [7, 11) is 0. The van der Waals surface area contributed by atoms with Crippen LogP contribution in [0.15, 0.2) is 54.6 Å². The third-order valence-corrected chi connectivity index (χ3v) is 8.96. The Morgan fingerprint density at radius 2 is 1.55 bits per heavy atom. The molecular formula is C34H48O4. The Bertz CT molecular complexity index is 1040. The first-order valence-electron chi connectivity index (χ1n) is 14.6. The maximum absolute atomic E-state index is 12.3. The molecule has 208 valence electrons. The zero-order valence-electron chi connectivity index (χ0n) is 24.3. The molecule has 4 rings (SSSR count). The molecule has 2 aromatic carbocycles. The zero-order chi connectivity index (χ0) is 27.9. The second-order valence-corrected chi connectivity index (χ2v) is 12.5. The molecule has 2 aromatic rings. The molecule has 0 amide bonds. The van der Waals surface area contributed by atoms with Crippen LogP contribution in [0.1, 0.15) is 119 Å². The molecule has 0 aromatic heterocycles. The number of carboxylic acid groups (broad SMARTS) is 1. The van der Waals surface area contributed by atoms with Gasteiger partial charge in [-0.25, -0.2) is 9.59 Å². The predicted molar refractivity (Wildman–Crippen MR) is 155 cm³/mol. The van der Waals surface area contributed by atoms with Crippen molar-refractivity contribution in [2.75, 3.05) is 0 Å². The van der Waals surface area contributed by atoms with E-state index in [0.29, 0.717) is 46.6 Å². The maximum Gasteiger partial charge on any atom is 0.338 e. The summed E-state index contributed by atoms with van der Waals surface area (Å²) in [6, 6.07) is 16.9. The molecule has 38 heavy (non-hydrogen) atoms. The Kier molecular flexibility index (Phi) is 10.6. The third-order valence-electron chi connectivity index (χ3n) is 8.96. The molecule has 1 N–H and O–H groups in total. The molecule has 2 aliphatic rings. The maximum atomic E-state index is 12.3. The molecule has 0 saturated heterocycles. The van der Waals surface area contributed by atoms with Crippen molar-refractivity contribution in [1.82, 2.24) is 0 Å². The Hall–Kier alpha value is -2.62. The van der Waals surface area contributed by atoms with Crippen molar-refractivity contribution in [2.24, 2.45) is 29.6 Å². The average molecular weight is 521 g/mol. The van der Waals surface area contributed by atoms with Crippen LogP contribution in [0, 0.1) is 29.6 Å². The molecule has 0 radical (unpaired) electrons. The van der Waals surface area contributed by atoms with Crippen LogP contribution in [-0.4, -0.2) is 22.6 Å². The Morgan fingerprint density at radius 1 is 0.895 bits per heavy atom. The van der Waals surface area contributed by atoms with E-state index in [4.69, 9.17) is 4.74 Å². The Labute approximate surface area is 230 Å². The minimum Gasteiger partial charge on any atom is -0.478 e. The number of hydrogen-bond donors (Lipinski definition) is 1. The van der Waals surface area contributed by atoms with Gasteiger partial charge in [-0.3, -0.25) is 0 Å². The van der Waals surface area contributed by atoms with E-state index < -0.39 is 5.97 Å². The fourth-order valence-electron chi connectivity index (χ4n) is 6.67. The van der Waals surface area contributed by atoms with Crippen LogP contribution < -0.4 is 0 Å². The van der Waals surface area contributed by atoms with Crippen LogP contribution in [0.3, 0.4) is 0 Å². The van der Waals surface area contributed by atoms with E-state index >= 15 is 0 Å². The van der Waals surface area contributed by atoms with Gasteiger partial charge in [-0.2, -0.15) is 0 Å². The van der Waals surface area contributed by atoms with Crippen molar-refractivity contribution in [3.05, 3.63) is 71.3 Å². The lowest BCUT2D eigenvalue weighted by molar-refractivity contribution is -0.0743. The van der Waals surface area contributed by atoms with Gasteiger partial charge in [-0.15, -0.1) is 0 Å². The summed E-state index contributed by atoms with van der Waals surface area (Å²) < 4.78 is 5.96. The van der Waals surface area contributed by atoms with Gasteiger partial charge in [0.25, 0.3) is 0 Å². The Morgan fingerprint density at radius 3 is 2.16 bits per heavy atom. The van der Waals surface area contributed by atoms with Crippen LogP contribution in [-0.2, 0) is 4.74 Å². The van der Waals surface area contributed by atoms with Crippen LogP contribution in [0.4, 0.5) is 0 Å². The van der Waals surface area contributed by atoms with Gasteiger partial charge in [0.15, 0.2) is 0 Å². The molecule has 2 saturated carbocycles. The van der Waals surface area contributed by atoms with E-state index in [-0.39, 0.29) is 11.6 Å². The van der Waals surface area contributed by atoms with Crippen LogP contribution in [0.2, 0.25) is 0 Å². The first-order valence-corrected chi connectivity index (χ1v) is 14.6. The number of benzene rings is 2. The van der Waals surface area contributed by atoms with E-state index in [2.05, 4.69) is 41.5 Å². The second kappa shape index (κ2) is 13.4. The largest absolute Gasteiger partial charge is 0.478 e. The highest BCUT2D eigenvalue weighted by molar-refractivity contribution is 5.90. The number of aromatic carboxylic acids is 1. The highest BCUT2D eigenvalue weighted by Crippen LogP contribution is 2.45. The Balaban J connectivity index is 0.000000211. The lowest BCUT2D eigenvalue weighted by atomic mass is 9.67. The molecule has 3 unspecified atom stereocenters. The van der Waals surface area contributed by atoms with E-state index in [1.807, 2.05) is 48.5 Å². The molecule has 0 aliphatic heterocycles. The molecule has 0 bridgehead atoms. The molecule has 0 spiro atoms. The molecule has 4 heteroatoms. The number of carbonyl (C=O) groups is 2. The van der Waals surface area contributed by atoms with Crippen LogP contribution in [0.25, 0.3) is 0 Å². The van der Waals surface area contributed by atoms with Gasteiger partial charge < -0.3 is 9.84 Å². The number of rotatable bonds is 6. The van der Waals surface area contributed by atoms with E-state index in [9.17, 15) is 14.7 Å². The highest BCUT2D eigenvalue weighted by atomic mass is 16.6. The summed E-state index contributed by atoms with van der Waals surface area (Å²) in [5.74, 6) is 2.34. The minimum absolute atomic E-state index is 0.177. The molecule has 2 fully saturated rings. The third kappa shape index (κ3) is 7.48. The van der Waals surface area contributed by atoms with Gasteiger partial charge in [0.05, 0.1) is 11.1 Å². The second-order valence-electron chi connectivity index (χ2n) is 12.5. The summed E-state index contributed by atoms with van der Waals surface area (Å²) in [5, 5.41) is 9.39. The first kappa shape index (κ1) is 29.9. The van der Waals surface area contributed by atoms with Gasteiger partial charge in [-0.05, 0) is 91.4 Å². The molecular weight excluding hydrogens is 472 g/mol. The van der Waals surface area contributed by atoms with Gasteiger partial charge in [0.1, 0.15) is 5.60 Å². The fourth-order valence-corrected chi connectivity index (χ4v) is 6.67. The van der Waals surface area contributed by atoms with E-state index in [1.165, 1.54) is 19.3 Å². The van der Waals surface area contributed by atoms with Crippen molar-refractivity contribution < 1.29 is 19.4 Å². The summed E-state index contributed by atoms with van der Waals surface area (Å²) in [6.07, 6.45) is 7.99. The lowest BCUT2D eigenvalue weighted by Crippen LogP contribution is -2.44. The topological polar surface area (TPSA) is 63.6 Å². The standard InChI is InChI=1S/2C17H24O2/c1-13(2)17(11-7-8-14(3)12-17)19-16(18)15-9-5-4-6-10-15;1-11(2)13-9-8-12(3)10-16(13)14-6-4-5-7-15(14)17(18)19/h4-6,9-10,13-14H,7-8,11-12H2,1-3H3;4-7,11-13,16H,8-10H2,1-3H3,(H,18,19)/t14-,17-;/m1./s1. The first-order chi connectivity index (χ1) is 18.0. The molecule has 0 heterocycles. The molecule has 2 aliphatic carbocycles. The summed E-state index contributed by atoms with van der Waals surface area (Å²) in [6.45, 7) is 13.4. The minimum atomic E-state index is -0.795. The number of hydrogen-bond acceptors (Lipinski definition) is 3. The van der Waals surface area contributed by atoms with E-state index in [1.54, 1.807) is 6.07 Å². The van der Waals surface area contributed by atoms with Crippen molar-refractivity contribution in [3.63, 3.8) is 0 Å². The number of carboxylic acids is 1. The lowest BCUT2D eigenvalue weighted by Gasteiger charge is -2.42. The van der Waals surface area contributed by atoms with Gasteiger partial charge in [0.2, 0.25) is 0 Å². The van der Waals surface area contributed by atoms with Crippen molar-refractivity contribution in [1.29, 1.82) is 0 Å². The van der Waals surface area contributed by atoms with E-state index in [0.717, 1.165) is 31.2 Å². The summed E-state index contributed by atoms with van der Waals surface area (Å²) in [5.41, 5.74) is 1.91. The average Bonchev–Trinajstić information content (AvgIpc) is 2.89. The predicted octanol–water partition coefficient (Wildman–Crippen LogP) is 9.01. The monoisotopic (exact) mass is 520 g/mol. The van der Waals surface area contributed by atoms with Crippen LogP contribution in [0.5, 0.6) is 0 Å². The van der Waals surface area contributed by atoms with Crippen molar-refractivity contribution in [2.45, 2.75) is 98.0 Å². The fraction of sp³-hybridized carbons (Fsp3) is 0.588. The quantitative estimate of drug-likeness (QED) is 0.386. The zero-order valence-corrected chi connectivity index (χ0v) is 24.3. The van der Waals surface area contributed by atoms with Gasteiger partial charge >= 0.3 is 11.9 Å². The van der Waals surface area contributed by atoms with Gasteiger partial charge in [-0.1, -0.05) is 90.8 Å². The van der Waals surface area contributed by atoms with Gasteiger partial charge in [0, 0.05) is 0 Å². The molecule has 5 atom stereocenters. The number of esters is 1. The molecule has 4 nitrogen and oxygen atoms in total. The SMILES string of the molecule is CC(C)[C@@]1(OC(=O)c2ccccc2)CCC[C@@H](C)C1.CC1CCC(C(C)C)C(c2ccccc2C(=O)O)C1. The van der Waals surface area contributed by atoms with Crippen LogP contribution >= 0.6 is 0 Å². The number of carbonyl (C=O) groups excluding carboxylic acids is 1. The highest BCUT2D eigenvalue weighted by Gasteiger charge is 2.41. The smallest absolute Gasteiger partial charge is 0.338 e. The summed E-state index contributed by atoms with van der Waals surface area (Å²) >= 11 is 0. The number of ether oxygens (including phenoxy) is 1.